The van der Waals surface area contributed by atoms with Gasteiger partial charge in [0.25, 0.3) is 0 Å². The number of carbonyl (C=O) groups is 1. The topological polar surface area (TPSA) is 55.3 Å². The molecule has 1 atom stereocenters. The number of aromatic nitrogens is 2. The van der Waals surface area contributed by atoms with E-state index < -0.39 is 0 Å². The van der Waals surface area contributed by atoms with Crippen molar-refractivity contribution in [1.29, 1.82) is 0 Å². The number of hydrogen-bond acceptors (Lipinski definition) is 4. The fourth-order valence-electron chi connectivity index (χ4n) is 3.04. The molecule has 0 aliphatic carbocycles. The standard InChI is InChI=1S/C17H27N3O2/c1-5-14(6-2)17(21)20-9-7-8-15(11-20)22-16-10-12(3)18-13(4)19-16/h10,14-15H,5-9,11H2,1-4H3. The normalized spacial score (nSPS) is 18.6. The van der Waals surface area contributed by atoms with Gasteiger partial charge in [-0.25, -0.2) is 4.98 Å². The van der Waals surface area contributed by atoms with E-state index in [1.807, 2.05) is 24.8 Å². The minimum atomic E-state index is 0.0285. The van der Waals surface area contributed by atoms with E-state index >= 15 is 0 Å². The summed E-state index contributed by atoms with van der Waals surface area (Å²) in [7, 11) is 0. The van der Waals surface area contributed by atoms with Gasteiger partial charge in [0.05, 0.1) is 6.54 Å². The summed E-state index contributed by atoms with van der Waals surface area (Å²) < 4.78 is 6.00. The number of hydrogen-bond donors (Lipinski definition) is 0. The predicted octanol–water partition coefficient (Wildman–Crippen LogP) is 2.90. The van der Waals surface area contributed by atoms with Crippen LogP contribution in [0.2, 0.25) is 0 Å². The molecule has 5 nitrogen and oxygen atoms in total. The van der Waals surface area contributed by atoms with E-state index in [1.165, 1.54) is 0 Å². The molecule has 2 heterocycles. The highest BCUT2D eigenvalue weighted by Crippen LogP contribution is 2.20. The third-order valence-electron chi connectivity index (χ3n) is 4.25. The molecule has 1 fully saturated rings. The molecule has 0 radical (unpaired) electrons. The highest BCUT2D eigenvalue weighted by molar-refractivity contribution is 5.78. The zero-order chi connectivity index (χ0) is 16.1. The van der Waals surface area contributed by atoms with Gasteiger partial charge >= 0.3 is 0 Å². The van der Waals surface area contributed by atoms with Crippen molar-refractivity contribution in [2.45, 2.75) is 59.5 Å². The molecule has 0 spiro atoms. The van der Waals surface area contributed by atoms with Crippen LogP contribution in [-0.2, 0) is 4.79 Å². The van der Waals surface area contributed by atoms with Crippen LogP contribution >= 0.6 is 0 Å². The summed E-state index contributed by atoms with van der Waals surface area (Å²) in [5.74, 6) is 1.75. The fourth-order valence-corrected chi connectivity index (χ4v) is 3.04. The second-order valence-corrected chi connectivity index (χ2v) is 6.07. The SMILES string of the molecule is CCC(CC)C(=O)N1CCCC(Oc2cc(C)nc(C)n2)C1. The van der Waals surface area contributed by atoms with Crippen LogP contribution in [0.25, 0.3) is 0 Å². The summed E-state index contributed by atoms with van der Waals surface area (Å²) in [6, 6.07) is 1.86. The second-order valence-electron chi connectivity index (χ2n) is 6.07. The van der Waals surface area contributed by atoms with Gasteiger partial charge in [0.2, 0.25) is 11.8 Å². The molecular weight excluding hydrogens is 278 g/mol. The Labute approximate surface area is 133 Å². The Morgan fingerprint density at radius 1 is 1.36 bits per heavy atom. The summed E-state index contributed by atoms with van der Waals surface area (Å²) in [6.45, 7) is 9.47. The van der Waals surface area contributed by atoms with Gasteiger partial charge in [0, 0.05) is 24.2 Å². The Morgan fingerprint density at radius 2 is 2.09 bits per heavy atom. The van der Waals surface area contributed by atoms with Crippen LogP contribution in [-0.4, -0.2) is 40.0 Å². The third-order valence-corrected chi connectivity index (χ3v) is 4.25. The Morgan fingerprint density at radius 3 is 2.73 bits per heavy atom. The lowest BCUT2D eigenvalue weighted by Crippen LogP contribution is -2.46. The maximum absolute atomic E-state index is 12.5. The van der Waals surface area contributed by atoms with Gasteiger partial charge < -0.3 is 9.64 Å². The first-order valence-corrected chi connectivity index (χ1v) is 8.31. The number of ether oxygens (including phenoxy) is 1. The van der Waals surface area contributed by atoms with Crippen LogP contribution in [0.3, 0.4) is 0 Å². The average molecular weight is 305 g/mol. The maximum atomic E-state index is 12.5. The largest absolute Gasteiger partial charge is 0.472 e. The molecule has 0 N–H and O–H groups in total. The molecule has 0 bridgehead atoms. The lowest BCUT2D eigenvalue weighted by Gasteiger charge is -2.34. The Balaban J connectivity index is 1.99. The molecule has 1 aromatic heterocycles. The Bertz CT molecular complexity index is 494. The van der Waals surface area contributed by atoms with Gasteiger partial charge in [0.15, 0.2) is 0 Å². The van der Waals surface area contributed by atoms with Gasteiger partial charge in [-0.1, -0.05) is 13.8 Å². The molecule has 1 aromatic rings. The molecule has 0 saturated carbocycles. The van der Waals surface area contributed by atoms with Crippen LogP contribution in [0.1, 0.15) is 51.0 Å². The van der Waals surface area contributed by atoms with E-state index in [2.05, 4.69) is 23.8 Å². The summed E-state index contributed by atoms with van der Waals surface area (Å²) in [4.78, 5) is 23.1. The van der Waals surface area contributed by atoms with Gasteiger partial charge in [-0.3, -0.25) is 4.79 Å². The van der Waals surface area contributed by atoms with Gasteiger partial charge in [-0.2, -0.15) is 4.98 Å². The molecular formula is C17H27N3O2. The van der Waals surface area contributed by atoms with E-state index in [0.717, 1.165) is 43.7 Å². The summed E-state index contributed by atoms with van der Waals surface area (Å²) in [6.07, 6.45) is 3.79. The van der Waals surface area contributed by atoms with Crippen molar-refractivity contribution in [3.05, 3.63) is 17.6 Å². The van der Waals surface area contributed by atoms with Gasteiger partial charge in [-0.05, 0) is 39.5 Å². The summed E-state index contributed by atoms with van der Waals surface area (Å²) in [5, 5.41) is 0. The summed E-state index contributed by atoms with van der Waals surface area (Å²) >= 11 is 0. The molecule has 1 unspecified atom stereocenters. The number of piperidine rings is 1. The van der Waals surface area contributed by atoms with Crippen LogP contribution in [0, 0.1) is 19.8 Å². The smallest absolute Gasteiger partial charge is 0.225 e. The predicted molar refractivity (Wildman–Crippen MR) is 85.8 cm³/mol. The molecule has 1 saturated heterocycles. The molecule has 0 aromatic carbocycles. The number of carbonyl (C=O) groups excluding carboxylic acids is 1. The number of aryl methyl sites for hydroxylation is 2. The molecule has 22 heavy (non-hydrogen) atoms. The van der Waals surface area contributed by atoms with Crippen molar-refractivity contribution in [2.75, 3.05) is 13.1 Å². The maximum Gasteiger partial charge on any atom is 0.225 e. The lowest BCUT2D eigenvalue weighted by atomic mass is 9.99. The first kappa shape index (κ1) is 16.7. The molecule has 1 aliphatic rings. The van der Waals surface area contributed by atoms with Crippen molar-refractivity contribution in [1.82, 2.24) is 14.9 Å². The highest BCUT2D eigenvalue weighted by Gasteiger charge is 2.28. The Hall–Kier alpha value is -1.65. The average Bonchev–Trinajstić information content (AvgIpc) is 2.47. The van der Waals surface area contributed by atoms with Crippen molar-refractivity contribution in [2.24, 2.45) is 5.92 Å². The third kappa shape index (κ3) is 4.18. The summed E-state index contributed by atoms with van der Waals surface area (Å²) in [5.41, 5.74) is 0.906. The van der Waals surface area contributed by atoms with Crippen molar-refractivity contribution in [3.63, 3.8) is 0 Å². The zero-order valence-electron chi connectivity index (χ0n) is 14.1. The van der Waals surface area contributed by atoms with Crippen LogP contribution < -0.4 is 4.74 Å². The van der Waals surface area contributed by atoms with Gasteiger partial charge in [-0.15, -0.1) is 0 Å². The lowest BCUT2D eigenvalue weighted by molar-refractivity contribution is -0.138. The van der Waals surface area contributed by atoms with Crippen molar-refractivity contribution in [3.8, 4) is 5.88 Å². The first-order valence-electron chi connectivity index (χ1n) is 8.31. The van der Waals surface area contributed by atoms with Gasteiger partial charge in [0.1, 0.15) is 11.9 Å². The van der Waals surface area contributed by atoms with E-state index in [4.69, 9.17) is 4.74 Å². The van der Waals surface area contributed by atoms with Crippen LogP contribution in [0.15, 0.2) is 6.07 Å². The van der Waals surface area contributed by atoms with E-state index in [-0.39, 0.29) is 17.9 Å². The quantitative estimate of drug-likeness (QED) is 0.839. The van der Waals surface area contributed by atoms with Crippen LogP contribution in [0.5, 0.6) is 5.88 Å². The van der Waals surface area contributed by atoms with Crippen LogP contribution in [0.4, 0.5) is 0 Å². The Kier molecular flexibility index (Phi) is 5.75. The second kappa shape index (κ2) is 7.56. The molecule has 5 heteroatoms. The number of nitrogens with zero attached hydrogens (tertiary/aromatic N) is 3. The van der Waals surface area contributed by atoms with E-state index in [1.54, 1.807) is 0 Å². The molecule has 2 rings (SSSR count). The molecule has 1 aliphatic heterocycles. The molecule has 122 valence electrons. The monoisotopic (exact) mass is 305 g/mol. The number of rotatable bonds is 5. The number of likely N-dealkylation sites (tertiary alicyclic amines) is 1. The minimum absolute atomic E-state index is 0.0285. The van der Waals surface area contributed by atoms with Crippen molar-refractivity contribution < 1.29 is 9.53 Å². The minimum Gasteiger partial charge on any atom is -0.472 e. The van der Waals surface area contributed by atoms with E-state index in [9.17, 15) is 4.79 Å². The zero-order valence-corrected chi connectivity index (χ0v) is 14.1. The van der Waals surface area contributed by atoms with E-state index in [0.29, 0.717) is 12.4 Å². The highest BCUT2D eigenvalue weighted by atomic mass is 16.5. The van der Waals surface area contributed by atoms with Crippen molar-refractivity contribution >= 4 is 5.91 Å². The fraction of sp³-hybridized carbons (Fsp3) is 0.706. The number of amides is 1. The first-order chi connectivity index (χ1) is 10.5. The molecule has 1 amide bonds.